The van der Waals surface area contributed by atoms with Gasteiger partial charge in [-0.15, -0.1) is 0 Å². The first-order valence-corrected chi connectivity index (χ1v) is 7.23. The number of halogens is 1. The van der Waals surface area contributed by atoms with E-state index in [0.717, 1.165) is 12.2 Å². The number of rotatable bonds is 2. The van der Waals surface area contributed by atoms with Gasteiger partial charge in [0.2, 0.25) is 0 Å². The van der Waals surface area contributed by atoms with Crippen LogP contribution in [0.4, 0.5) is 0 Å². The molecular weight excluding hydrogens is 278 g/mol. The summed E-state index contributed by atoms with van der Waals surface area (Å²) in [6, 6.07) is 1.36. The molecular formula is C13H22BrN3. The van der Waals surface area contributed by atoms with Gasteiger partial charge in [-0.05, 0) is 49.5 Å². The molecule has 1 fully saturated rings. The van der Waals surface area contributed by atoms with Crippen molar-refractivity contribution < 1.29 is 0 Å². The molecule has 1 aliphatic heterocycles. The molecule has 0 saturated carbocycles. The molecule has 0 bridgehead atoms. The minimum atomic E-state index is 0.681. The van der Waals surface area contributed by atoms with Crippen LogP contribution in [0.3, 0.4) is 0 Å². The highest BCUT2D eigenvalue weighted by molar-refractivity contribution is 9.10. The Bertz CT molecular complexity index is 390. The van der Waals surface area contributed by atoms with Gasteiger partial charge in [0.1, 0.15) is 0 Å². The molecule has 1 aromatic heterocycles. The first kappa shape index (κ1) is 13.1. The quantitative estimate of drug-likeness (QED) is 0.836. The molecule has 3 nitrogen and oxygen atoms in total. The van der Waals surface area contributed by atoms with Crippen LogP contribution in [0.25, 0.3) is 0 Å². The first-order valence-electron chi connectivity index (χ1n) is 6.44. The van der Waals surface area contributed by atoms with E-state index in [4.69, 9.17) is 0 Å². The minimum absolute atomic E-state index is 0.681. The van der Waals surface area contributed by atoms with Crippen molar-refractivity contribution in [3.63, 3.8) is 0 Å². The summed E-state index contributed by atoms with van der Waals surface area (Å²) >= 11 is 3.66. The van der Waals surface area contributed by atoms with E-state index < -0.39 is 0 Å². The van der Waals surface area contributed by atoms with Crippen molar-refractivity contribution >= 4 is 15.9 Å². The standard InChI is InChI=1S/C13H22BrN3/c1-9-6-5-7-10(2)17(9)8-12-13(14)11(3)15-16(12)4/h9-10H,5-8H2,1-4H3. The van der Waals surface area contributed by atoms with Crippen LogP contribution in [0.1, 0.15) is 44.5 Å². The fourth-order valence-electron chi connectivity index (χ4n) is 2.81. The maximum atomic E-state index is 4.47. The summed E-state index contributed by atoms with van der Waals surface area (Å²) in [4.78, 5) is 2.60. The van der Waals surface area contributed by atoms with E-state index in [1.807, 2.05) is 11.7 Å². The van der Waals surface area contributed by atoms with Gasteiger partial charge >= 0.3 is 0 Å². The van der Waals surface area contributed by atoms with Crippen LogP contribution in [0.15, 0.2) is 4.47 Å². The predicted molar refractivity (Wildman–Crippen MR) is 74.0 cm³/mol. The van der Waals surface area contributed by atoms with Crippen molar-refractivity contribution in [2.24, 2.45) is 7.05 Å². The van der Waals surface area contributed by atoms with Gasteiger partial charge in [0.25, 0.3) is 0 Å². The number of hydrogen-bond donors (Lipinski definition) is 0. The van der Waals surface area contributed by atoms with Crippen molar-refractivity contribution in [3.8, 4) is 0 Å². The highest BCUT2D eigenvalue weighted by Gasteiger charge is 2.26. The lowest BCUT2D eigenvalue weighted by Gasteiger charge is -2.39. The van der Waals surface area contributed by atoms with Crippen molar-refractivity contribution in [3.05, 3.63) is 15.9 Å². The summed E-state index contributed by atoms with van der Waals surface area (Å²) in [7, 11) is 2.03. The van der Waals surface area contributed by atoms with Crippen LogP contribution in [-0.2, 0) is 13.6 Å². The molecule has 0 aromatic carbocycles. The van der Waals surface area contributed by atoms with Crippen molar-refractivity contribution in [1.82, 2.24) is 14.7 Å². The Morgan fingerprint density at radius 1 is 1.29 bits per heavy atom. The molecule has 0 spiro atoms. The van der Waals surface area contributed by atoms with E-state index in [0.29, 0.717) is 12.1 Å². The third kappa shape index (κ3) is 2.58. The topological polar surface area (TPSA) is 21.1 Å². The number of aryl methyl sites for hydroxylation is 2. The lowest BCUT2D eigenvalue weighted by molar-refractivity contribution is 0.0922. The number of nitrogens with zero attached hydrogens (tertiary/aromatic N) is 3. The number of aromatic nitrogens is 2. The van der Waals surface area contributed by atoms with Crippen molar-refractivity contribution in [2.75, 3.05) is 0 Å². The number of likely N-dealkylation sites (tertiary alicyclic amines) is 1. The normalized spacial score (nSPS) is 26.4. The van der Waals surface area contributed by atoms with Crippen LogP contribution < -0.4 is 0 Å². The van der Waals surface area contributed by atoms with Gasteiger partial charge < -0.3 is 0 Å². The second-order valence-corrected chi connectivity index (χ2v) is 6.06. The zero-order valence-corrected chi connectivity index (χ0v) is 12.8. The zero-order chi connectivity index (χ0) is 12.6. The summed E-state index contributed by atoms with van der Waals surface area (Å²) in [5, 5.41) is 4.47. The molecule has 0 aliphatic carbocycles. The summed E-state index contributed by atoms with van der Waals surface area (Å²) in [6.45, 7) is 7.73. The highest BCUT2D eigenvalue weighted by atomic mass is 79.9. The lowest BCUT2D eigenvalue weighted by Crippen LogP contribution is -2.43. The summed E-state index contributed by atoms with van der Waals surface area (Å²) in [5.41, 5.74) is 2.38. The Kier molecular flexibility index (Phi) is 3.93. The molecule has 4 heteroatoms. The van der Waals surface area contributed by atoms with E-state index in [2.05, 4.69) is 46.7 Å². The summed E-state index contributed by atoms with van der Waals surface area (Å²) < 4.78 is 3.18. The molecule has 0 radical (unpaired) electrons. The molecule has 0 N–H and O–H groups in total. The Morgan fingerprint density at radius 2 is 1.88 bits per heavy atom. The smallest absolute Gasteiger partial charge is 0.0739 e. The number of piperidine rings is 1. The van der Waals surface area contributed by atoms with Crippen molar-refractivity contribution in [2.45, 2.75) is 58.7 Å². The van der Waals surface area contributed by atoms with Crippen molar-refractivity contribution in [1.29, 1.82) is 0 Å². The van der Waals surface area contributed by atoms with Crippen LogP contribution in [0, 0.1) is 6.92 Å². The number of hydrogen-bond acceptors (Lipinski definition) is 2. The van der Waals surface area contributed by atoms with Gasteiger partial charge in [-0.3, -0.25) is 9.58 Å². The third-order valence-corrected chi connectivity index (χ3v) is 5.00. The maximum absolute atomic E-state index is 4.47. The molecule has 17 heavy (non-hydrogen) atoms. The fraction of sp³-hybridized carbons (Fsp3) is 0.769. The van der Waals surface area contributed by atoms with Crippen LogP contribution >= 0.6 is 15.9 Å². The summed E-state index contributed by atoms with van der Waals surface area (Å²) in [5.74, 6) is 0. The molecule has 2 rings (SSSR count). The van der Waals surface area contributed by atoms with Crippen LogP contribution in [-0.4, -0.2) is 26.8 Å². The maximum Gasteiger partial charge on any atom is 0.0739 e. The SMILES string of the molecule is Cc1nn(C)c(CN2C(C)CCCC2C)c1Br. The molecule has 2 atom stereocenters. The van der Waals surface area contributed by atoms with Gasteiger partial charge in [0.05, 0.1) is 15.9 Å². The molecule has 2 heterocycles. The van der Waals surface area contributed by atoms with Crippen LogP contribution in [0.2, 0.25) is 0 Å². The zero-order valence-electron chi connectivity index (χ0n) is 11.2. The van der Waals surface area contributed by atoms with E-state index >= 15 is 0 Å². The monoisotopic (exact) mass is 299 g/mol. The average Bonchev–Trinajstić information content (AvgIpc) is 2.49. The Balaban J connectivity index is 2.19. The van der Waals surface area contributed by atoms with E-state index in [-0.39, 0.29) is 0 Å². The fourth-order valence-corrected chi connectivity index (χ4v) is 3.27. The van der Waals surface area contributed by atoms with E-state index in [9.17, 15) is 0 Å². The Labute approximate surface area is 112 Å². The second kappa shape index (κ2) is 5.11. The second-order valence-electron chi connectivity index (χ2n) is 5.27. The minimum Gasteiger partial charge on any atom is -0.292 e. The molecule has 96 valence electrons. The van der Waals surface area contributed by atoms with E-state index in [1.165, 1.54) is 29.4 Å². The van der Waals surface area contributed by atoms with Gasteiger partial charge in [-0.2, -0.15) is 5.10 Å². The largest absolute Gasteiger partial charge is 0.292 e. The van der Waals surface area contributed by atoms with Gasteiger partial charge in [-0.1, -0.05) is 6.42 Å². The van der Waals surface area contributed by atoms with E-state index in [1.54, 1.807) is 0 Å². The van der Waals surface area contributed by atoms with Crippen LogP contribution in [0.5, 0.6) is 0 Å². The van der Waals surface area contributed by atoms with Gasteiger partial charge in [0, 0.05) is 25.7 Å². The molecule has 2 unspecified atom stereocenters. The highest BCUT2D eigenvalue weighted by Crippen LogP contribution is 2.28. The molecule has 1 aliphatic rings. The van der Waals surface area contributed by atoms with Gasteiger partial charge in [-0.25, -0.2) is 0 Å². The van der Waals surface area contributed by atoms with Gasteiger partial charge in [0.15, 0.2) is 0 Å². The Morgan fingerprint density at radius 3 is 2.35 bits per heavy atom. The summed E-state index contributed by atoms with van der Waals surface area (Å²) in [6.07, 6.45) is 4.00. The predicted octanol–water partition coefficient (Wildman–Crippen LogP) is 3.25. The molecule has 0 amide bonds. The molecule has 1 saturated heterocycles. The Hall–Kier alpha value is -0.350. The molecule has 1 aromatic rings. The first-order chi connectivity index (χ1) is 8.00. The lowest BCUT2D eigenvalue weighted by atomic mass is 9.97. The third-order valence-electron chi connectivity index (χ3n) is 3.97. The average molecular weight is 300 g/mol.